The van der Waals surface area contributed by atoms with Gasteiger partial charge in [-0.05, 0) is 31.7 Å². The number of hydrogen-bond donors (Lipinski definition) is 1. The van der Waals surface area contributed by atoms with Gasteiger partial charge in [-0.25, -0.2) is 8.78 Å². The first-order valence-electron chi connectivity index (χ1n) is 4.69. The minimum Gasteiger partial charge on any atom is -0.385 e. The number of benzene rings is 1. The molecule has 0 aliphatic heterocycles. The van der Waals surface area contributed by atoms with Gasteiger partial charge >= 0.3 is 0 Å². The summed E-state index contributed by atoms with van der Waals surface area (Å²) in [6, 6.07) is 3.31. The van der Waals surface area contributed by atoms with Gasteiger partial charge in [-0.15, -0.1) is 0 Å². The van der Waals surface area contributed by atoms with Gasteiger partial charge in [-0.2, -0.15) is 0 Å². The van der Waals surface area contributed by atoms with Crippen molar-refractivity contribution < 1.29 is 13.9 Å². The topological polar surface area (TPSA) is 20.2 Å². The largest absolute Gasteiger partial charge is 0.385 e. The van der Waals surface area contributed by atoms with Crippen molar-refractivity contribution in [3.05, 3.63) is 35.4 Å². The first-order valence-corrected chi connectivity index (χ1v) is 4.69. The van der Waals surface area contributed by atoms with E-state index in [0.29, 0.717) is 0 Å². The molecule has 1 fully saturated rings. The summed E-state index contributed by atoms with van der Waals surface area (Å²) in [5.41, 5.74) is -0.959. The fourth-order valence-electron chi connectivity index (χ4n) is 1.77. The lowest BCUT2D eigenvalue weighted by molar-refractivity contribution is 0.0294. The highest BCUT2D eigenvalue weighted by Crippen LogP contribution is 2.45. The molecule has 1 aliphatic carbocycles. The van der Waals surface area contributed by atoms with Gasteiger partial charge in [0, 0.05) is 11.6 Å². The SMILES string of the molecule is CC(O)(c1ccc(F)cc1F)C1CC1. The molecule has 1 N–H and O–H groups in total. The fraction of sp³-hybridized carbons (Fsp3) is 0.455. The van der Waals surface area contributed by atoms with Gasteiger partial charge < -0.3 is 5.11 Å². The van der Waals surface area contributed by atoms with E-state index >= 15 is 0 Å². The van der Waals surface area contributed by atoms with Crippen molar-refractivity contribution in [1.29, 1.82) is 0 Å². The molecule has 1 saturated carbocycles. The second kappa shape index (κ2) is 3.02. The lowest BCUT2D eigenvalue weighted by Gasteiger charge is -2.23. The zero-order chi connectivity index (χ0) is 10.3. The first-order chi connectivity index (χ1) is 6.51. The monoisotopic (exact) mass is 198 g/mol. The molecule has 0 bridgehead atoms. The van der Waals surface area contributed by atoms with Gasteiger partial charge in [0.15, 0.2) is 0 Å². The van der Waals surface area contributed by atoms with E-state index in [4.69, 9.17) is 0 Å². The van der Waals surface area contributed by atoms with Crippen molar-refractivity contribution in [2.24, 2.45) is 5.92 Å². The number of rotatable bonds is 2. The molecular weight excluding hydrogens is 186 g/mol. The van der Waals surface area contributed by atoms with Gasteiger partial charge in [0.05, 0.1) is 5.60 Å². The third-order valence-corrected chi connectivity index (χ3v) is 2.85. The Hall–Kier alpha value is -0.960. The Kier molecular flexibility index (Phi) is 2.07. The fourth-order valence-corrected chi connectivity index (χ4v) is 1.77. The smallest absolute Gasteiger partial charge is 0.132 e. The van der Waals surface area contributed by atoms with Crippen molar-refractivity contribution in [2.45, 2.75) is 25.4 Å². The van der Waals surface area contributed by atoms with Crippen molar-refractivity contribution in [2.75, 3.05) is 0 Å². The van der Waals surface area contributed by atoms with Gasteiger partial charge in [-0.1, -0.05) is 6.07 Å². The highest BCUT2D eigenvalue weighted by Gasteiger charge is 2.42. The summed E-state index contributed by atoms with van der Waals surface area (Å²) < 4.78 is 26.0. The van der Waals surface area contributed by atoms with Crippen LogP contribution in [0, 0.1) is 17.6 Å². The second-order valence-electron chi connectivity index (χ2n) is 4.05. The van der Waals surface area contributed by atoms with Crippen LogP contribution in [-0.4, -0.2) is 5.11 Å². The highest BCUT2D eigenvalue weighted by molar-refractivity contribution is 5.26. The zero-order valence-corrected chi connectivity index (χ0v) is 7.93. The van der Waals surface area contributed by atoms with Gasteiger partial charge in [0.1, 0.15) is 11.6 Å². The molecule has 3 heteroatoms. The van der Waals surface area contributed by atoms with E-state index in [1.54, 1.807) is 6.92 Å². The molecule has 0 radical (unpaired) electrons. The van der Waals surface area contributed by atoms with Crippen LogP contribution >= 0.6 is 0 Å². The van der Waals surface area contributed by atoms with E-state index in [2.05, 4.69) is 0 Å². The Morgan fingerprint density at radius 1 is 1.36 bits per heavy atom. The maximum Gasteiger partial charge on any atom is 0.132 e. The summed E-state index contributed by atoms with van der Waals surface area (Å²) >= 11 is 0. The molecule has 1 nitrogen and oxygen atoms in total. The predicted octanol–water partition coefficient (Wildman–Crippen LogP) is 2.58. The minimum atomic E-state index is -1.15. The van der Waals surface area contributed by atoms with Crippen molar-refractivity contribution >= 4 is 0 Å². The number of hydrogen-bond acceptors (Lipinski definition) is 1. The Balaban J connectivity index is 2.40. The molecular formula is C11H12F2O. The van der Waals surface area contributed by atoms with Crippen LogP contribution in [0.3, 0.4) is 0 Å². The van der Waals surface area contributed by atoms with E-state index < -0.39 is 17.2 Å². The Bertz CT molecular complexity index is 356. The van der Waals surface area contributed by atoms with E-state index in [0.717, 1.165) is 18.9 Å². The van der Waals surface area contributed by atoms with E-state index in [9.17, 15) is 13.9 Å². The third-order valence-electron chi connectivity index (χ3n) is 2.85. The van der Waals surface area contributed by atoms with E-state index in [1.807, 2.05) is 0 Å². The van der Waals surface area contributed by atoms with Crippen LogP contribution in [0.5, 0.6) is 0 Å². The van der Waals surface area contributed by atoms with Crippen LogP contribution in [0.15, 0.2) is 18.2 Å². The molecule has 0 saturated heterocycles. The summed E-state index contributed by atoms with van der Waals surface area (Å²) in [5, 5.41) is 10.0. The van der Waals surface area contributed by atoms with E-state index in [-0.39, 0.29) is 11.5 Å². The minimum absolute atomic E-state index is 0.113. The first kappa shape index (κ1) is 9.59. The lowest BCUT2D eigenvalue weighted by atomic mass is 9.90. The van der Waals surface area contributed by atoms with Gasteiger partial charge in [0.2, 0.25) is 0 Å². The highest BCUT2D eigenvalue weighted by atomic mass is 19.1. The van der Waals surface area contributed by atoms with Crippen molar-refractivity contribution in [3.63, 3.8) is 0 Å². The Labute approximate surface area is 81.4 Å². The molecule has 2 rings (SSSR count). The normalized spacial score (nSPS) is 20.6. The third kappa shape index (κ3) is 1.52. The van der Waals surface area contributed by atoms with Gasteiger partial charge in [-0.3, -0.25) is 0 Å². The molecule has 0 heterocycles. The second-order valence-corrected chi connectivity index (χ2v) is 4.05. The standard InChI is InChI=1S/C11H12F2O/c1-11(14,7-2-3-7)9-5-4-8(12)6-10(9)13/h4-7,14H,2-3H2,1H3. The average Bonchev–Trinajstić information content (AvgIpc) is 2.84. The molecule has 1 atom stereocenters. The summed E-state index contributed by atoms with van der Waals surface area (Å²) in [6.07, 6.45) is 1.81. The van der Waals surface area contributed by atoms with Crippen LogP contribution < -0.4 is 0 Å². The molecule has 1 aromatic rings. The van der Waals surface area contributed by atoms with Crippen LogP contribution in [0.2, 0.25) is 0 Å². The molecule has 0 spiro atoms. The lowest BCUT2D eigenvalue weighted by Crippen LogP contribution is -2.25. The molecule has 0 amide bonds. The predicted molar refractivity (Wildman–Crippen MR) is 48.7 cm³/mol. The summed E-state index contributed by atoms with van der Waals surface area (Å²) in [5.74, 6) is -1.16. The summed E-state index contributed by atoms with van der Waals surface area (Å²) in [6.45, 7) is 1.58. The Morgan fingerprint density at radius 2 is 2.00 bits per heavy atom. The van der Waals surface area contributed by atoms with Crippen molar-refractivity contribution in [3.8, 4) is 0 Å². The van der Waals surface area contributed by atoms with Crippen LogP contribution in [0.25, 0.3) is 0 Å². The van der Waals surface area contributed by atoms with Gasteiger partial charge in [0.25, 0.3) is 0 Å². The molecule has 76 valence electrons. The Morgan fingerprint density at radius 3 is 2.50 bits per heavy atom. The summed E-state index contributed by atoms with van der Waals surface area (Å²) in [7, 11) is 0. The maximum absolute atomic E-state index is 13.3. The zero-order valence-electron chi connectivity index (χ0n) is 7.93. The molecule has 0 aromatic heterocycles. The van der Waals surface area contributed by atoms with Crippen LogP contribution in [-0.2, 0) is 5.60 Å². The quantitative estimate of drug-likeness (QED) is 0.774. The van der Waals surface area contributed by atoms with E-state index in [1.165, 1.54) is 12.1 Å². The number of aliphatic hydroxyl groups is 1. The molecule has 1 aromatic carbocycles. The average molecular weight is 198 g/mol. The molecule has 1 unspecified atom stereocenters. The summed E-state index contributed by atoms with van der Waals surface area (Å²) in [4.78, 5) is 0. The van der Waals surface area contributed by atoms with Crippen LogP contribution in [0.1, 0.15) is 25.3 Å². The number of halogens is 2. The van der Waals surface area contributed by atoms with Crippen molar-refractivity contribution in [1.82, 2.24) is 0 Å². The molecule has 1 aliphatic rings. The van der Waals surface area contributed by atoms with Crippen LogP contribution in [0.4, 0.5) is 8.78 Å². The maximum atomic E-state index is 13.3. The molecule has 14 heavy (non-hydrogen) atoms.